The van der Waals surface area contributed by atoms with E-state index in [4.69, 9.17) is 4.52 Å². The smallest absolute Gasteiger partial charge is 0.225 e. The molecule has 1 heterocycles. The maximum Gasteiger partial charge on any atom is 0.225 e. The molecule has 0 saturated heterocycles. The lowest BCUT2D eigenvalue weighted by Gasteiger charge is -2.20. The minimum Gasteiger partial charge on any atom is -0.361 e. The van der Waals surface area contributed by atoms with E-state index in [1.165, 1.54) is 6.07 Å². The van der Waals surface area contributed by atoms with Gasteiger partial charge >= 0.3 is 0 Å². The topological polar surface area (TPSA) is 55.1 Å². The summed E-state index contributed by atoms with van der Waals surface area (Å²) in [5.74, 6) is 0.00479. The molecule has 0 unspecified atom stereocenters. The third-order valence-electron chi connectivity index (χ3n) is 4.23. The molecule has 0 spiro atoms. The van der Waals surface area contributed by atoms with E-state index < -0.39 is 6.04 Å². The number of nitrogens with one attached hydrogen (secondary N) is 1. The maximum atomic E-state index is 14.5. The average Bonchev–Trinajstić information content (AvgIpc) is 2.93. The van der Waals surface area contributed by atoms with Gasteiger partial charge in [-0.05, 0) is 31.5 Å². The summed E-state index contributed by atoms with van der Waals surface area (Å²) in [7, 11) is 0. The highest BCUT2D eigenvalue weighted by atomic mass is 79.9. The third-order valence-corrected chi connectivity index (χ3v) is 4.72. The molecule has 0 fully saturated rings. The lowest BCUT2D eigenvalue weighted by molar-refractivity contribution is -0.121. The van der Waals surface area contributed by atoms with Gasteiger partial charge in [-0.25, -0.2) is 4.39 Å². The Kier molecular flexibility index (Phi) is 5.52. The molecule has 0 aliphatic heterocycles. The van der Waals surface area contributed by atoms with Crippen LogP contribution in [0.1, 0.15) is 34.2 Å². The SMILES string of the molecule is Cc1noc(C)c1CC(=O)N[C@@H](c1ccccc1)c1ccc(Br)cc1F. The summed E-state index contributed by atoms with van der Waals surface area (Å²) in [6.45, 7) is 3.56. The van der Waals surface area contributed by atoms with Gasteiger partial charge in [-0.2, -0.15) is 0 Å². The van der Waals surface area contributed by atoms with E-state index in [0.29, 0.717) is 21.5 Å². The van der Waals surface area contributed by atoms with Gasteiger partial charge in [0.1, 0.15) is 11.6 Å². The molecule has 3 aromatic rings. The fraction of sp³-hybridized carbons (Fsp3) is 0.200. The van der Waals surface area contributed by atoms with Crippen molar-refractivity contribution in [1.29, 1.82) is 0 Å². The Balaban J connectivity index is 1.90. The summed E-state index contributed by atoms with van der Waals surface area (Å²) in [5, 5.41) is 6.81. The number of nitrogens with zero attached hydrogens (tertiary/aromatic N) is 1. The van der Waals surface area contributed by atoms with Crippen molar-refractivity contribution >= 4 is 21.8 Å². The Bertz CT molecular complexity index is 905. The van der Waals surface area contributed by atoms with Crippen LogP contribution < -0.4 is 5.32 Å². The first-order valence-electron chi connectivity index (χ1n) is 8.16. The first kappa shape index (κ1) is 18.3. The van der Waals surface area contributed by atoms with Gasteiger partial charge in [0.25, 0.3) is 0 Å². The quantitative estimate of drug-likeness (QED) is 0.658. The zero-order valence-electron chi connectivity index (χ0n) is 14.4. The van der Waals surface area contributed by atoms with E-state index >= 15 is 0 Å². The number of rotatable bonds is 5. The van der Waals surface area contributed by atoms with Crippen LogP contribution in [-0.4, -0.2) is 11.1 Å². The third kappa shape index (κ3) is 4.02. The summed E-state index contributed by atoms with van der Waals surface area (Å²) in [6, 6.07) is 13.6. The van der Waals surface area contributed by atoms with Crippen LogP contribution in [0.3, 0.4) is 0 Å². The minimum atomic E-state index is -0.586. The van der Waals surface area contributed by atoms with Gasteiger partial charge in [0.15, 0.2) is 0 Å². The first-order valence-corrected chi connectivity index (χ1v) is 8.96. The Morgan fingerprint density at radius 2 is 1.96 bits per heavy atom. The molecule has 6 heteroatoms. The van der Waals surface area contributed by atoms with Crippen molar-refractivity contribution in [2.24, 2.45) is 0 Å². The van der Waals surface area contributed by atoms with E-state index in [0.717, 1.165) is 11.1 Å². The molecular weight excluding hydrogens is 399 g/mol. The minimum absolute atomic E-state index is 0.128. The highest BCUT2D eigenvalue weighted by molar-refractivity contribution is 9.10. The molecule has 1 N–H and O–H groups in total. The average molecular weight is 417 g/mol. The van der Waals surface area contributed by atoms with Crippen molar-refractivity contribution in [2.45, 2.75) is 26.3 Å². The number of amides is 1. The number of carbonyl (C=O) groups excluding carboxylic acids is 1. The Labute approximate surface area is 159 Å². The van der Waals surface area contributed by atoms with E-state index in [1.54, 1.807) is 26.0 Å². The molecule has 1 aromatic heterocycles. The molecule has 2 aromatic carbocycles. The van der Waals surface area contributed by atoms with Crippen molar-refractivity contribution in [2.75, 3.05) is 0 Å². The predicted molar refractivity (Wildman–Crippen MR) is 100 cm³/mol. The van der Waals surface area contributed by atoms with Crippen LogP contribution in [0.15, 0.2) is 57.5 Å². The van der Waals surface area contributed by atoms with Gasteiger partial charge in [0, 0.05) is 15.6 Å². The fourth-order valence-corrected chi connectivity index (χ4v) is 3.18. The summed E-state index contributed by atoms with van der Waals surface area (Å²) >= 11 is 3.26. The van der Waals surface area contributed by atoms with Crippen molar-refractivity contribution in [3.63, 3.8) is 0 Å². The fourth-order valence-electron chi connectivity index (χ4n) is 2.85. The largest absolute Gasteiger partial charge is 0.361 e. The molecule has 0 saturated carbocycles. The summed E-state index contributed by atoms with van der Waals surface area (Å²) in [4.78, 5) is 12.6. The van der Waals surface area contributed by atoms with Crippen LogP contribution in [0.2, 0.25) is 0 Å². The van der Waals surface area contributed by atoms with Crippen LogP contribution >= 0.6 is 15.9 Å². The van der Waals surface area contributed by atoms with Crippen molar-refractivity contribution in [3.8, 4) is 0 Å². The maximum absolute atomic E-state index is 14.5. The molecule has 0 radical (unpaired) electrons. The summed E-state index contributed by atoms with van der Waals surface area (Å²) < 4.78 is 20.3. The van der Waals surface area contributed by atoms with E-state index in [2.05, 4.69) is 26.4 Å². The van der Waals surface area contributed by atoms with E-state index in [1.807, 2.05) is 30.3 Å². The number of halogens is 2. The van der Waals surface area contributed by atoms with Gasteiger partial charge in [0.05, 0.1) is 18.2 Å². The van der Waals surface area contributed by atoms with E-state index in [-0.39, 0.29) is 18.1 Å². The van der Waals surface area contributed by atoms with Crippen molar-refractivity contribution in [3.05, 3.63) is 87.0 Å². The summed E-state index contributed by atoms with van der Waals surface area (Å²) in [5.41, 5.74) is 2.65. The molecule has 0 aliphatic carbocycles. The molecule has 0 aliphatic rings. The normalized spacial score (nSPS) is 12.0. The number of aryl methyl sites for hydroxylation is 2. The van der Waals surface area contributed by atoms with Crippen molar-refractivity contribution in [1.82, 2.24) is 10.5 Å². The molecule has 134 valence electrons. The lowest BCUT2D eigenvalue weighted by Crippen LogP contribution is -2.31. The van der Waals surface area contributed by atoms with Crippen LogP contribution in [0.4, 0.5) is 4.39 Å². The van der Waals surface area contributed by atoms with Gasteiger partial charge in [-0.1, -0.05) is 57.5 Å². The number of carbonyl (C=O) groups is 1. The first-order chi connectivity index (χ1) is 12.5. The molecule has 4 nitrogen and oxygen atoms in total. The van der Waals surface area contributed by atoms with Crippen molar-refractivity contribution < 1.29 is 13.7 Å². The number of hydrogen-bond donors (Lipinski definition) is 1. The molecule has 3 rings (SSSR count). The highest BCUT2D eigenvalue weighted by Crippen LogP contribution is 2.27. The molecule has 0 bridgehead atoms. The number of aromatic nitrogens is 1. The molecular formula is C20H18BrFN2O2. The predicted octanol–water partition coefficient (Wildman–Crippen LogP) is 4.64. The van der Waals surface area contributed by atoms with Gasteiger partial charge < -0.3 is 9.84 Å². The monoisotopic (exact) mass is 416 g/mol. The second kappa shape index (κ2) is 7.83. The molecule has 1 atom stereocenters. The zero-order chi connectivity index (χ0) is 18.7. The zero-order valence-corrected chi connectivity index (χ0v) is 16.0. The van der Waals surface area contributed by atoms with Crippen LogP contribution in [0.25, 0.3) is 0 Å². The van der Waals surface area contributed by atoms with Gasteiger partial charge in [0.2, 0.25) is 5.91 Å². The molecule has 1 amide bonds. The second-order valence-corrected chi connectivity index (χ2v) is 6.97. The molecule has 26 heavy (non-hydrogen) atoms. The Morgan fingerprint density at radius 3 is 2.58 bits per heavy atom. The Hall–Kier alpha value is -2.47. The Morgan fingerprint density at radius 1 is 1.23 bits per heavy atom. The van der Waals surface area contributed by atoms with Gasteiger partial charge in [-0.15, -0.1) is 0 Å². The second-order valence-electron chi connectivity index (χ2n) is 6.06. The van der Waals surface area contributed by atoms with Crippen LogP contribution in [0, 0.1) is 19.7 Å². The number of hydrogen-bond acceptors (Lipinski definition) is 3. The summed E-state index contributed by atoms with van der Waals surface area (Å²) in [6.07, 6.45) is 0.128. The number of benzene rings is 2. The van der Waals surface area contributed by atoms with E-state index in [9.17, 15) is 9.18 Å². The van der Waals surface area contributed by atoms with Gasteiger partial charge in [-0.3, -0.25) is 4.79 Å². The van der Waals surface area contributed by atoms with Crippen LogP contribution in [-0.2, 0) is 11.2 Å². The van der Waals surface area contributed by atoms with Crippen LogP contribution in [0.5, 0.6) is 0 Å². The highest BCUT2D eigenvalue weighted by Gasteiger charge is 2.22. The lowest BCUT2D eigenvalue weighted by atomic mass is 9.97. The standard InChI is InChI=1S/C20H18BrFN2O2/c1-12-17(13(2)26-24-12)11-19(25)23-20(14-6-4-3-5-7-14)16-9-8-15(21)10-18(16)22/h3-10,20H,11H2,1-2H3,(H,23,25)/t20-/m0/s1.